The van der Waals surface area contributed by atoms with Gasteiger partial charge in [-0.05, 0) is 18.1 Å². The fraction of sp³-hybridized carbons (Fsp3) is 0.364. The smallest absolute Gasteiger partial charge is 0.224 e. The van der Waals surface area contributed by atoms with E-state index in [1.807, 2.05) is 6.07 Å². The van der Waals surface area contributed by atoms with Gasteiger partial charge in [-0.2, -0.15) is 0 Å². The molecule has 0 spiro atoms. The Morgan fingerprint density at radius 2 is 2.25 bits per heavy atom. The first-order valence-corrected chi connectivity index (χ1v) is 5.16. The second-order valence-electron chi connectivity index (χ2n) is 3.67. The molecule has 1 heterocycles. The molecule has 1 aliphatic rings. The Morgan fingerprint density at radius 3 is 3.00 bits per heavy atom. The van der Waals surface area contributed by atoms with Crippen molar-refractivity contribution in [1.29, 1.82) is 0 Å². The predicted molar refractivity (Wildman–Crippen MR) is 60.4 cm³/mol. The maximum Gasteiger partial charge on any atom is 0.224 e. The minimum atomic E-state index is -0.0666. The summed E-state index contributed by atoms with van der Waals surface area (Å²) in [5, 5.41) is 11.4. The third-order valence-electron chi connectivity index (χ3n) is 2.48. The van der Waals surface area contributed by atoms with Crippen LogP contribution in [0.25, 0.3) is 0 Å². The number of aryl methyl sites for hydroxylation is 1. The van der Waals surface area contributed by atoms with Gasteiger partial charge < -0.3 is 20.9 Å². The van der Waals surface area contributed by atoms with Crippen LogP contribution in [0.5, 0.6) is 5.75 Å². The number of hydrogen-bond donors (Lipinski definition) is 3. The zero-order chi connectivity index (χ0) is 11.5. The normalized spacial score (nSPS) is 14.2. The van der Waals surface area contributed by atoms with E-state index in [9.17, 15) is 4.79 Å². The summed E-state index contributed by atoms with van der Waals surface area (Å²) >= 11 is 0. The quantitative estimate of drug-likeness (QED) is 0.651. The van der Waals surface area contributed by atoms with E-state index in [1.54, 1.807) is 6.07 Å². The SMILES string of the molecule is Nc1cc2c(cc1OCCO)NC(=O)CC2. The molecule has 1 amide bonds. The van der Waals surface area contributed by atoms with Crippen molar-refractivity contribution in [1.82, 2.24) is 0 Å². The fourth-order valence-corrected chi connectivity index (χ4v) is 1.71. The molecule has 0 fully saturated rings. The molecule has 0 aromatic heterocycles. The van der Waals surface area contributed by atoms with Gasteiger partial charge in [0.25, 0.3) is 0 Å². The van der Waals surface area contributed by atoms with Crippen LogP contribution in [0.1, 0.15) is 12.0 Å². The van der Waals surface area contributed by atoms with Crippen molar-refractivity contribution in [3.8, 4) is 5.75 Å². The highest BCUT2D eigenvalue weighted by Gasteiger charge is 2.16. The molecule has 1 aromatic rings. The second kappa shape index (κ2) is 4.40. The number of ether oxygens (including phenoxy) is 1. The van der Waals surface area contributed by atoms with E-state index < -0.39 is 0 Å². The Balaban J connectivity index is 2.27. The van der Waals surface area contributed by atoms with Gasteiger partial charge in [-0.25, -0.2) is 0 Å². The number of fused-ring (bicyclic) bond motifs is 1. The highest BCUT2D eigenvalue weighted by molar-refractivity contribution is 5.94. The van der Waals surface area contributed by atoms with Crippen LogP contribution >= 0.6 is 0 Å². The molecular weight excluding hydrogens is 208 g/mol. The lowest BCUT2D eigenvalue weighted by molar-refractivity contribution is -0.116. The number of benzene rings is 1. The van der Waals surface area contributed by atoms with Crippen molar-refractivity contribution < 1.29 is 14.6 Å². The molecule has 0 saturated heterocycles. The van der Waals surface area contributed by atoms with Crippen LogP contribution in [0, 0.1) is 0 Å². The number of aliphatic hydroxyl groups excluding tert-OH is 1. The lowest BCUT2D eigenvalue weighted by atomic mass is 10.0. The first-order chi connectivity index (χ1) is 7.70. The third-order valence-corrected chi connectivity index (χ3v) is 2.48. The minimum absolute atomic E-state index is 0.00498. The average Bonchev–Trinajstić information content (AvgIpc) is 2.27. The molecule has 1 aromatic carbocycles. The molecule has 0 aliphatic carbocycles. The number of anilines is 2. The van der Waals surface area contributed by atoms with E-state index in [2.05, 4.69) is 5.32 Å². The van der Waals surface area contributed by atoms with Gasteiger partial charge in [-0.1, -0.05) is 0 Å². The number of nitrogens with two attached hydrogens (primary N) is 1. The van der Waals surface area contributed by atoms with Crippen molar-refractivity contribution in [3.05, 3.63) is 17.7 Å². The molecule has 5 heteroatoms. The van der Waals surface area contributed by atoms with E-state index in [0.29, 0.717) is 24.3 Å². The Kier molecular flexibility index (Phi) is 2.96. The van der Waals surface area contributed by atoms with Crippen LogP contribution in [0.3, 0.4) is 0 Å². The van der Waals surface area contributed by atoms with E-state index in [1.165, 1.54) is 0 Å². The van der Waals surface area contributed by atoms with Crippen molar-refractivity contribution in [2.24, 2.45) is 0 Å². The fourth-order valence-electron chi connectivity index (χ4n) is 1.71. The summed E-state index contributed by atoms with van der Waals surface area (Å²) < 4.78 is 5.26. The van der Waals surface area contributed by atoms with Gasteiger partial charge in [0.05, 0.1) is 12.3 Å². The lowest BCUT2D eigenvalue weighted by Gasteiger charge is -2.19. The Labute approximate surface area is 93.2 Å². The maximum atomic E-state index is 11.2. The number of hydrogen-bond acceptors (Lipinski definition) is 4. The van der Waals surface area contributed by atoms with Gasteiger partial charge in [-0.3, -0.25) is 4.79 Å². The van der Waals surface area contributed by atoms with Crippen LogP contribution in [0.4, 0.5) is 11.4 Å². The molecule has 16 heavy (non-hydrogen) atoms. The number of amides is 1. The molecule has 0 atom stereocenters. The van der Waals surface area contributed by atoms with Gasteiger partial charge >= 0.3 is 0 Å². The van der Waals surface area contributed by atoms with Crippen LogP contribution in [0.2, 0.25) is 0 Å². The molecule has 0 bridgehead atoms. The van der Waals surface area contributed by atoms with E-state index in [-0.39, 0.29) is 19.1 Å². The van der Waals surface area contributed by atoms with Crippen molar-refractivity contribution in [2.45, 2.75) is 12.8 Å². The number of carbonyl (C=O) groups is 1. The standard InChI is InChI=1S/C11H14N2O3/c12-8-5-7-1-2-11(15)13-9(7)6-10(8)16-4-3-14/h5-6,14H,1-4,12H2,(H,13,15). The van der Waals surface area contributed by atoms with Gasteiger partial charge in [0.2, 0.25) is 5.91 Å². The summed E-state index contributed by atoms with van der Waals surface area (Å²) in [6, 6.07) is 3.51. The molecule has 1 aliphatic heterocycles. The van der Waals surface area contributed by atoms with Crippen LogP contribution in [-0.4, -0.2) is 24.2 Å². The van der Waals surface area contributed by atoms with Crippen LogP contribution in [0.15, 0.2) is 12.1 Å². The van der Waals surface area contributed by atoms with E-state index in [0.717, 1.165) is 11.3 Å². The van der Waals surface area contributed by atoms with Crippen molar-refractivity contribution in [3.63, 3.8) is 0 Å². The number of aliphatic hydroxyl groups is 1. The monoisotopic (exact) mass is 222 g/mol. The largest absolute Gasteiger partial charge is 0.489 e. The average molecular weight is 222 g/mol. The summed E-state index contributed by atoms with van der Waals surface area (Å²) in [5.41, 5.74) is 8.10. The van der Waals surface area contributed by atoms with E-state index >= 15 is 0 Å². The molecule has 2 rings (SSSR count). The van der Waals surface area contributed by atoms with Crippen molar-refractivity contribution in [2.75, 3.05) is 24.3 Å². The van der Waals surface area contributed by atoms with Gasteiger partial charge in [0.1, 0.15) is 12.4 Å². The number of nitrogen functional groups attached to an aromatic ring is 1. The van der Waals surface area contributed by atoms with Crippen molar-refractivity contribution >= 4 is 17.3 Å². The molecule has 0 unspecified atom stereocenters. The van der Waals surface area contributed by atoms with Crippen LogP contribution in [-0.2, 0) is 11.2 Å². The zero-order valence-electron chi connectivity index (χ0n) is 8.82. The minimum Gasteiger partial charge on any atom is -0.489 e. The summed E-state index contributed by atoms with van der Waals surface area (Å²) in [4.78, 5) is 11.2. The Hall–Kier alpha value is -1.75. The van der Waals surface area contributed by atoms with Crippen LogP contribution < -0.4 is 15.8 Å². The molecule has 4 N–H and O–H groups in total. The zero-order valence-corrected chi connectivity index (χ0v) is 8.82. The van der Waals surface area contributed by atoms with Gasteiger partial charge in [-0.15, -0.1) is 0 Å². The lowest BCUT2D eigenvalue weighted by Crippen LogP contribution is -2.19. The first kappa shape index (κ1) is 10.8. The highest BCUT2D eigenvalue weighted by atomic mass is 16.5. The van der Waals surface area contributed by atoms with E-state index in [4.69, 9.17) is 15.6 Å². The summed E-state index contributed by atoms with van der Waals surface area (Å²) in [7, 11) is 0. The second-order valence-corrected chi connectivity index (χ2v) is 3.67. The number of rotatable bonds is 3. The first-order valence-electron chi connectivity index (χ1n) is 5.16. The molecule has 0 radical (unpaired) electrons. The molecule has 0 saturated carbocycles. The molecule has 86 valence electrons. The number of nitrogens with one attached hydrogen (secondary N) is 1. The topological polar surface area (TPSA) is 84.6 Å². The Bertz CT molecular complexity index is 418. The van der Waals surface area contributed by atoms with Gasteiger partial charge in [0, 0.05) is 18.2 Å². The molecule has 5 nitrogen and oxygen atoms in total. The summed E-state index contributed by atoms with van der Waals surface area (Å²) in [6.07, 6.45) is 1.19. The van der Waals surface area contributed by atoms with Gasteiger partial charge in [0.15, 0.2) is 0 Å². The Morgan fingerprint density at radius 1 is 1.44 bits per heavy atom. The highest BCUT2D eigenvalue weighted by Crippen LogP contribution is 2.32. The summed E-state index contributed by atoms with van der Waals surface area (Å²) in [5.74, 6) is 0.500. The number of carbonyl (C=O) groups excluding carboxylic acids is 1. The molecular formula is C11H14N2O3. The maximum absolute atomic E-state index is 11.2. The summed E-state index contributed by atoms with van der Waals surface area (Å²) in [6.45, 7) is 0.125. The predicted octanol–water partition coefficient (Wildman–Crippen LogP) is 0.525. The third kappa shape index (κ3) is 2.09.